The van der Waals surface area contributed by atoms with Crippen molar-refractivity contribution in [2.24, 2.45) is 0 Å². The van der Waals surface area contributed by atoms with Crippen LogP contribution in [0.25, 0.3) is 0 Å². The lowest BCUT2D eigenvalue weighted by molar-refractivity contribution is -0.119. The number of hydrogen-bond acceptors (Lipinski definition) is 5. The van der Waals surface area contributed by atoms with Gasteiger partial charge in [-0.25, -0.2) is 4.79 Å². The van der Waals surface area contributed by atoms with Crippen molar-refractivity contribution in [1.29, 1.82) is 0 Å². The van der Waals surface area contributed by atoms with Crippen molar-refractivity contribution < 1.29 is 23.9 Å². The molecule has 0 atom stereocenters. The summed E-state index contributed by atoms with van der Waals surface area (Å²) in [6, 6.07) is 9.90. The van der Waals surface area contributed by atoms with Gasteiger partial charge >= 0.3 is 5.97 Å². The molecule has 3 amide bonds. The van der Waals surface area contributed by atoms with Crippen LogP contribution in [0.2, 0.25) is 0 Å². The van der Waals surface area contributed by atoms with Crippen LogP contribution in [0.1, 0.15) is 62.0 Å². The number of nitrogens with one attached hydrogen (secondary N) is 1. The van der Waals surface area contributed by atoms with Gasteiger partial charge in [0.05, 0.1) is 16.7 Å². The zero-order valence-corrected chi connectivity index (χ0v) is 17.7. The van der Waals surface area contributed by atoms with Crippen LogP contribution in [0.3, 0.4) is 0 Å². The van der Waals surface area contributed by atoms with Gasteiger partial charge in [-0.2, -0.15) is 0 Å². The van der Waals surface area contributed by atoms with Crippen molar-refractivity contribution in [2.45, 2.75) is 26.7 Å². The maximum atomic E-state index is 12.4. The van der Waals surface area contributed by atoms with Crippen molar-refractivity contribution in [3.05, 3.63) is 76.9 Å². The molecule has 0 bridgehead atoms. The molecule has 31 heavy (non-hydrogen) atoms. The van der Waals surface area contributed by atoms with Gasteiger partial charge in [-0.1, -0.05) is 38.1 Å². The first-order valence-corrected chi connectivity index (χ1v) is 9.92. The minimum atomic E-state index is -0.755. The van der Waals surface area contributed by atoms with Gasteiger partial charge in [-0.15, -0.1) is 6.58 Å². The van der Waals surface area contributed by atoms with Crippen molar-refractivity contribution >= 4 is 29.4 Å². The van der Waals surface area contributed by atoms with Crippen molar-refractivity contribution in [3.63, 3.8) is 0 Å². The molecule has 2 aromatic rings. The number of ether oxygens (including phenoxy) is 1. The predicted molar refractivity (Wildman–Crippen MR) is 116 cm³/mol. The van der Waals surface area contributed by atoms with E-state index in [4.69, 9.17) is 4.74 Å². The SMILES string of the molecule is C=CCN1C(=O)c2ccc(C(=O)OCC(=O)Nc3c(C)cccc3C(C)C)cc2C1=O. The van der Waals surface area contributed by atoms with Crippen molar-refractivity contribution in [3.8, 4) is 0 Å². The fourth-order valence-electron chi connectivity index (χ4n) is 3.44. The number of hydrogen-bond donors (Lipinski definition) is 1. The number of aryl methyl sites for hydroxylation is 1. The lowest BCUT2D eigenvalue weighted by Crippen LogP contribution is -2.29. The molecule has 1 aliphatic heterocycles. The number of para-hydroxylation sites is 1. The number of imide groups is 1. The van der Waals surface area contributed by atoms with E-state index in [2.05, 4.69) is 11.9 Å². The largest absolute Gasteiger partial charge is 0.452 e. The summed E-state index contributed by atoms with van der Waals surface area (Å²) in [5.41, 5.74) is 3.06. The molecule has 0 saturated heterocycles. The summed E-state index contributed by atoms with van der Waals surface area (Å²) in [4.78, 5) is 50.5. The first-order valence-electron chi connectivity index (χ1n) is 9.92. The predicted octanol–water partition coefficient (Wildman–Crippen LogP) is 3.70. The highest BCUT2D eigenvalue weighted by Gasteiger charge is 2.35. The molecule has 7 nitrogen and oxygen atoms in total. The Bertz CT molecular complexity index is 1090. The summed E-state index contributed by atoms with van der Waals surface area (Å²) >= 11 is 0. The van der Waals surface area contributed by atoms with Gasteiger partial charge in [0.1, 0.15) is 0 Å². The van der Waals surface area contributed by atoms with Crippen LogP contribution < -0.4 is 5.32 Å². The molecule has 0 aliphatic carbocycles. The number of nitrogens with zero attached hydrogens (tertiary/aromatic N) is 1. The molecule has 0 saturated carbocycles. The Balaban J connectivity index is 1.68. The van der Waals surface area contributed by atoms with Crippen LogP contribution in [-0.4, -0.2) is 41.7 Å². The van der Waals surface area contributed by atoms with E-state index in [-0.39, 0.29) is 29.2 Å². The zero-order valence-electron chi connectivity index (χ0n) is 17.7. The topological polar surface area (TPSA) is 92.8 Å². The van der Waals surface area contributed by atoms with Crippen molar-refractivity contribution in [2.75, 3.05) is 18.5 Å². The smallest absolute Gasteiger partial charge is 0.338 e. The fraction of sp³-hybridized carbons (Fsp3) is 0.250. The quantitative estimate of drug-likeness (QED) is 0.419. The second-order valence-electron chi connectivity index (χ2n) is 7.59. The molecule has 0 spiro atoms. The Labute approximate surface area is 180 Å². The van der Waals surface area contributed by atoms with Crippen LogP contribution in [0.5, 0.6) is 0 Å². The van der Waals surface area contributed by atoms with Gasteiger partial charge in [0.2, 0.25) is 0 Å². The molecule has 1 aliphatic rings. The van der Waals surface area contributed by atoms with Crippen LogP contribution in [0.4, 0.5) is 5.69 Å². The summed E-state index contributed by atoms with van der Waals surface area (Å²) in [5.74, 6) is -1.93. The third kappa shape index (κ3) is 4.40. The average Bonchev–Trinajstić information content (AvgIpc) is 2.98. The number of anilines is 1. The summed E-state index contributed by atoms with van der Waals surface area (Å²) in [7, 11) is 0. The molecular weight excluding hydrogens is 396 g/mol. The van der Waals surface area contributed by atoms with E-state index in [0.29, 0.717) is 5.69 Å². The Morgan fingerprint density at radius 1 is 1.13 bits per heavy atom. The summed E-state index contributed by atoms with van der Waals surface area (Å²) in [5, 5.41) is 2.81. The minimum absolute atomic E-state index is 0.0869. The number of amides is 3. The van der Waals surface area contributed by atoms with E-state index in [9.17, 15) is 19.2 Å². The molecule has 2 aromatic carbocycles. The van der Waals surface area contributed by atoms with Crippen molar-refractivity contribution in [1.82, 2.24) is 4.90 Å². The Hall–Kier alpha value is -3.74. The zero-order chi connectivity index (χ0) is 22.7. The Morgan fingerprint density at radius 3 is 2.52 bits per heavy atom. The number of carbonyl (C=O) groups excluding carboxylic acids is 4. The van der Waals surface area contributed by atoms with E-state index in [1.165, 1.54) is 24.3 Å². The highest BCUT2D eigenvalue weighted by atomic mass is 16.5. The van der Waals surface area contributed by atoms with Crippen LogP contribution in [-0.2, 0) is 9.53 Å². The van der Waals surface area contributed by atoms with Gasteiger partial charge in [0.25, 0.3) is 17.7 Å². The standard InChI is InChI=1S/C24H24N2O5/c1-5-11-26-22(28)18-10-9-16(12-19(18)23(26)29)24(30)31-13-20(27)25-21-15(4)7-6-8-17(21)14(2)3/h5-10,12,14H,1,11,13H2,2-4H3,(H,25,27). The van der Waals surface area contributed by atoms with Crippen LogP contribution >= 0.6 is 0 Å². The molecule has 0 unspecified atom stereocenters. The highest BCUT2D eigenvalue weighted by molar-refractivity contribution is 6.22. The number of benzene rings is 2. The molecule has 1 N–H and O–H groups in total. The lowest BCUT2D eigenvalue weighted by atomic mass is 9.98. The second kappa shape index (κ2) is 8.95. The van der Waals surface area contributed by atoms with Gasteiger partial charge in [0, 0.05) is 12.2 Å². The monoisotopic (exact) mass is 420 g/mol. The van der Waals surface area contributed by atoms with E-state index in [1.807, 2.05) is 39.0 Å². The molecule has 0 radical (unpaired) electrons. The second-order valence-corrected chi connectivity index (χ2v) is 7.59. The minimum Gasteiger partial charge on any atom is -0.452 e. The number of carbonyl (C=O) groups is 4. The van der Waals surface area contributed by atoms with Gasteiger partial charge in [-0.3, -0.25) is 19.3 Å². The van der Waals surface area contributed by atoms with Crippen LogP contribution in [0.15, 0.2) is 49.1 Å². The number of esters is 1. The molecule has 0 aromatic heterocycles. The van der Waals surface area contributed by atoms with E-state index < -0.39 is 30.3 Å². The molecule has 160 valence electrons. The summed E-state index contributed by atoms with van der Waals surface area (Å²) < 4.78 is 5.12. The van der Waals surface area contributed by atoms with E-state index in [1.54, 1.807) is 0 Å². The fourth-order valence-corrected chi connectivity index (χ4v) is 3.44. The summed E-state index contributed by atoms with van der Waals surface area (Å²) in [6.07, 6.45) is 1.45. The summed E-state index contributed by atoms with van der Waals surface area (Å²) in [6.45, 7) is 9.10. The Kier molecular flexibility index (Phi) is 6.34. The molecular formula is C24H24N2O5. The molecule has 0 fully saturated rings. The Morgan fingerprint density at radius 2 is 1.84 bits per heavy atom. The lowest BCUT2D eigenvalue weighted by Gasteiger charge is -2.16. The van der Waals surface area contributed by atoms with E-state index in [0.717, 1.165) is 16.0 Å². The van der Waals surface area contributed by atoms with Gasteiger partial charge in [-0.05, 0) is 42.2 Å². The molecule has 3 rings (SSSR count). The number of fused-ring (bicyclic) bond motifs is 1. The molecule has 1 heterocycles. The van der Waals surface area contributed by atoms with E-state index >= 15 is 0 Å². The average molecular weight is 420 g/mol. The number of rotatable bonds is 7. The highest BCUT2D eigenvalue weighted by Crippen LogP contribution is 2.27. The van der Waals surface area contributed by atoms with Crippen LogP contribution in [0, 0.1) is 6.92 Å². The van der Waals surface area contributed by atoms with Gasteiger partial charge < -0.3 is 10.1 Å². The first kappa shape index (κ1) is 22.0. The molecule has 7 heteroatoms. The third-order valence-electron chi connectivity index (χ3n) is 5.04. The maximum Gasteiger partial charge on any atom is 0.338 e. The third-order valence-corrected chi connectivity index (χ3v) is 5.04. The normalized spacial score (nSPS) is 12.7. The van der Waals surface area contributed by atoms with Gasteiger partial charge in [0.15, 0.2) is 6.61 Å². The maximum absolute atomic E-state index is 12.4. The first-order chi connectivity index (χ1) is 14.7.